The van der Waals surface area contributed by atoms with E-state index in [0.29, 0.717) is 17.0 Å². The van der Waals surface area contributed by atoms with E-state index in [1.807, 2.05) is 43.7 Å². The summed E-state index contributed by atoms with van der Waals surface area (Å²) >= 11 is 0. The first kappa shape index (κ1) is 19.2. The highest BCUT2D eigenvalue weighted by Crippen LogP contribution is 2.28. The van der Waals surface area contributed by atoms with Crippen LogP contribution in [0.25, 0.3) is 22.2 Å². The molecule has 0 aliphatic heterocycles. The van der Waals surface area contributed by atoms with Gasteiger partial charge in [0.2, 0.25) is 0 Å². The summed E-state index contributed by atoms with van der Waals surface area (Å²) in [5.74, 6) is -0.453. The van der Waals surface area contributed by atoms with Crippen molar-refractivity contribution in [3.8, 4) is 11.3 Å². The number of aromatic amines is 1. The molecule has 1 unspecified atom stereocenters. The van der Waals surface area contributed by atoms with Crippen LogP contribution in [0, 0.1) is 0 Å². The Balaban J connectivity index is 1.80. The standard InChI is InChI=1S/C22H21N3O3S/c1-23-13-15-10-21(17-6-7-20-16(11-17)8-9-24-20)25(14-15)29(27)19-5-3-4-18(12-19)22(26)28-2/h3-12,14,23-24H,13H2,1-2H3. The largest absolute Gasteiger partial charge is 0.465 e. The maximum atomic E-state index is 13.4. The third kappa shape index (κ3) is 3.74. The normalized spacial score (nSPS) is 12.2. The quantitative estimate of drug-likeness (QED) is 0.478. The van der Waals surface area contributed by atoms with Crippen molar-refractivity contribution in [2.24, 2.45) is 0 Å². The number of rotatable bonds is 6. The molecule has 4 aromatic rings. The van der Waals surface area contributed by atoms with Gasteiger partial charge in [-0.2, -0.15) is 0 Å². The molecular formula is C22H21N3O3S. The summed E-state index contributed by atoms with van der Waals surface area (Å²) < 4.78 is 20.0. The number of H-pyrrole nitrogens is 1. The predicted molar refractivity (Wildman–Crippen MR) is 114 cm³/mol. The van der Waals surface area contributed by atoms with Crippen molar-refractivity contribution >= 4 is 27.9 Å². The molecule has 0 spiro atoms. The molecule has 0 aliphatic rings. The SMILES string of the molecule is CNCc1cc(-c2ccc3[nH]ccc3c2)n(S(=O)c2cccc(C(=O)OC)c2)c1. The number of ether oxygens (including phenoxy) is 1. The van der Waals surface area contributed by atoms with Gasteiger partial charge in [-0.05, 0) is 60.6 Å². The second-order valence-electron chi connectivity index (χ2n) is 6.64. The van der Waals surface area contributed by atoms with E-state index in [-0.39, 0.29) is 0 Å². The molecule has 4 rings (SSSR count). The van der Waals surface area contributed by atoms with E-state index < -0.39 is 17.0 Å². The average Bonchev–Trinajstić information content (AvgIpc) is 3.39. The van der Waals surface area contributed by atoms with Crippen molar-refractivity contribution in [2.75, 3.05) is 14.2 Å². The Bertz CT molecular complexity index is 1210. The van der Waals surface area contributed by atoms with E-state index in [0.717, 1.165) is 27.7 Å². The molecule has 2 aromatic heterocycles. The molecule has 0 amide bonds. The van der Waals surface area contributed by atoms with E-state index in [1.165, 1.54) is 7.11 Å². The van der Waals surface area contributed by atoms with Crippen molar-refractivity contribution in [1.29, 1.82) is 0 Å². The summed E-state index contributed by atoms with van der Waals surface area (Å²) in [7, 11) is 1.68. The molecule has 6 nitrogen and oxygen atoms in total. The van der Waals surface area contributed by atoms with Gasteiger partial charge in [-0.3, -0.25) is 3.97 Å². The van der Waals surface area contributed by atoms with Gasteiger partial charge in [0.1, 0.15) is 0 Å². The fourth-order valence-corrected chi connectivity index (χ4v) is 4.54. The van der Waals surface area contributed by atoms with Gasteiger partial charge in [0.15, 0.2) is 11.0 Å². The van der Waals surface area contributed by atoms with E-state index in [9.17, 15) is 9.00 Å². The zero-order chi connectivity index (χ0) is 20.4. The van der Waals surface area contributed by atoms with Gasteiger partial charge in [-0.15, -0.1) is 0 Å². The zero-order valence-corrected chi connectivity index (χ0v) is 17.0. The zero-order valence-electron chi connectivity index (χ0n) is 16.1. The van der Waals surface area contributed by atoms with Crippen LogP contribution in [-0.2, 0) is 22.3 Å². The highest BCUT2D eigenvalue weighted by atomic mass is 32.2. The van der Waals surface area contributed by atoms with Crippen molar-refractivity contribution in [3.63, 3.8) is 0 Å². The first-order valence-corrected chi connectivity index (χ1v) is 10.3. The molecule has 2 aromatic carbocycles. The summed E-state index contributed by atoms with van der Waals surface area (Å²) in [5.41, 5.74) is 4.26. The number of nitrogens with one attached hydrogen (secondary N) is 2. The van der Waals surface area contributed by atoms with Crippen molar-refractivity contribution in [3.05, 3.63) is 78.1 Å². The number of hydrogen-bond donors (Lipinski definition) is 2. The number of carbonyl (C=O) groups is 1. The fourth-order valence-electron chi connectivity index (χ4n) is 3.32. The Morgan fingerprint density at radius 1 is 1.17 bits per heavy atom. The molecular weight excluding hydrogens is 386 g/mol. The number of methoxy groups -OCH3 is 1. The van der Waals surface area contributed by atoms with E-state index in [2.05, 4.69) is 16.4 Å². The lowest BCUT2D eigenvalue weighted by molar-refractivity contribution is 0.0600. The van der Waals surface area contributed by atoms with Gasteiger partial charge in [0.25, 0.3) is 0 Å². The minimum atomic E-state index is -1.52. The van der Waals surface area contributed by atoms with Crippen LogP contribution in [0.4, 0.5) is 0 Å². The number of nitrogens with zero attached hydrogens (tertiary/aromatic N) is 1. The lowest BCUT2D eigenvalue weighted by Crippen LogP contribution is -2.08. The first-order chi connectivity index (χ1) is 14.1. The maximum Gasteiger partial charge on any atom is 0.337 e. The molecule has 2 heterocycles. The topological polar surface area (TPSA) is 76.1 Å². The van der Waals surface area contributed by atoms with Gasteiger partial charge < -0.3 is 15.0 Å². The lowest BCUT2D eigenvalue weighted by atomic mass is 10.1. The van der Waals surface area contributed by atoms with Crippen LogP contribution in [0.2, 0.25) is 0 Å². The molecule has 2 N–H and O–H groups in total. The van der Waals surface area contributed by atoms with Gasteiger partial charge in [0, 0.05) is 29.8 Å². The molecule has 7 heteroatoms. The number of hydrogen-bond acceptors (Lipinski definition) is 4. The third-order valence-corrected chi connectivity index (χ3v) is 6.02. The second-order valence-corrected chi connectivity index (χ2v) is 8.00. The summed E-state index contributed by atoms with van der Waals surface area (Å²) in [6.07, 6.45) is 3.78. The smallest absolute Gasteiger partial charge is 0.337 e. The number of benzene rings is 2. The molecule has 29 heavy (non-hydrogen) atoms. The van der Waals surface area contributed by atoms with Gasteiger partial charge in [-0.25, -0.2) is 9.00 Å². The van der Waals surface area contributed by atoms with Crippen molar-refractivity contribution in [1.82, 2.24) is 14.3 Å². The Morgan fingerprint density at radius 2 is 2.03 bits per heavy atom. The van der Waals surface area contributed by atoms with Crippen LogP contribution < -0.4 is 5.32 Å². The summed E-state index contributed by atoms with van der Waals surface area (Å²) in [5, 5.41) is 4.22. The second kappa shape index (κ2) is 8.06. The number of fused-ring (bicyclic) bond motifs is 1. The lowest BCUT2D eigenvalue weighted by Gasteiger charge is -2.10. The molecule has 1 atom stereocenters. The molecule has 0 saturated heterocycles. The van der Waals surface area contributed by atoms with Crippen LogP contribution in [0.1, 0.15) is 15.9 Å². The van der Waals surface area contributed by atoms with E-state index >= 15 is 0 Å². The minimum Gasteiger partial charge on any atom is -0.465 e. The van der Waals surface area contributed by atoms with Crippen LogP contribution in [-0.4, -0.2) is 33.3 Å². The van der Waals surface area contributed by atoms with Gasteiger partial charge in [0.05, 0.1) is 23.3 Å². The van der Waals surface area contributed by atoms with Crippen LogP contribution in [0.3, 0.4) is 0 Å². The van der Waals surface area contributed by atoms with Crippen LogP contribution >= 0.6 is 0 Å². The summed E-state index contributed by atoms with van der Waals surface area (Å²) in [6.45, 7) is 0.659. The van der Waals surface area contributed by atoms with Crippen LogP contribution in [0.5, 0.6) is 0 Å². The van der Waals surface area contributed by atoms with E-state index in [1.54, 1.807) is 28.2 Å². The molecule has 0 saturated carbocycles. The molecule has 0 radical (unpaired) electrons. The van der Waals surface area contributed by atoms with E-state index in [4.69, 9.17) is 4.74 Å². The van der Waals surface area contributed by atoms with Gasteiger partial charge >= 0.3 is 5.97 Å². The third-order valence-electron chi connectivity index (χ3n) is 4.71. The number of carbonyl (C=O) groups excluding carboxylic acids is 1. The van der Waals surface area contributed by atoms with Crippen LogP contribution in [0.15, 0.2) is 71.9 Å². The highest BCUT2D eigenvalue weighted by Gasteiger charge is 2.17. The first-order valence-electron chi connectivity index (χ1n) is 9.14. The molecule has 0 bridgehead atoms. The van der Waals surface area contributed by atoms with Gasteiger partial charge in [-0.1, -0.05) is 12.1 Å². The summed E-state index contributed by atoms with van der Waals surface area (Å²) in [6, 6.07) is 16.9. The molecule has 0 aliphatic carbocycles. The summed E-state index contributed by atoms with van der Waals surface area (Å²) in [4.78, 5) is 15.6. The monoisotopic (exact) mass is 407 g/mol. The Kier molecular flexibility index (Phi) is 5.33. The molecule has 148 valence electrons. The van der Waals surface area contributed by atoms with Crippen molar-refractivity contribution in [2.45, 2.75) is 11.4 Å². The number of aromatic nitrogens is 2. The van der Waals surface area contributed by atoms with Crippen molar-refractivity contribution < 1.29 is 13.7 Å². The Morgan fingerprint density at radius 3 is 2.83 bits per heavy atom. The Hall–Kier alpha value is -3.16. The highest BCUT2D eigenvalue weighted by molar-refractivity contribution is 7.83. The maximum absolute atomic E-state index is 13.4. The Labute approximate surface area is 171 Å². The minimum absolute atomic E-state index is 0.372. The average molecular weight is 407 g/mol. The molecule has 0 fully saturated rings. The predicted octanol–water partition coefficient (Wildman–Crippen LogP) is 3.71. The fraction of sp³-hybridized carbons (Fsp3) is 0.136. The number of esters is 1.